The lowest BCUT2D eigenvalue weighted by Gasteiger charge is -2.25. The van der Waals surface area contributed by atoms with E-state index in [1.54, 1.807) is 26.0 Å². The van der Waals surface area contributed by atoms with Crippen LogP contribution in [-0.2, 0) is 4.79 Å². The molecule has 1 rings (SSSR count). The lowest BCUT2D eigenvalue weighted by molar-refractivity contribution is -0.137. The number of methoxy groups -OCH3 is 1. The van der Waals surface area contributed by atoms with Crippen LogP contribution in [0, 0.1) is 0 Å². The first-order chi connectivity index (χ1) is 9.76. The number of nitrogens with zero attached hydrogens (tertiary/aromatic N) is 1. The first-order valence-corrected chi connectivity index (χ1v) is 7.67. The molecule has 2 N–H and O–H groups in total. The van der Waals surface area contributed by atoms with Crippen LogP contribution in [0.1, 0.15) is 13.8 Å². The number of carboxylic acid groups (broad SMARTS) is 1. The maximum atomic E-state index is 12.2. The number of hydrogen-bond acceptors (Lipinski definition) is 3. The second-order valence-corrected chi connectivity index (χ2v) is 6.22. The normalized spacial score (nSPS) is 10.4. The second-order valence-electron chi connectivity index (χ2n) is 4.51. The van der Waals surface area contributed by atoms with Crippen LogP contribution in [-0.4, -0.2) is 41.7 Å². The Morgan fingerprint density at radius 1 is 1.33 bits per heavy atom. The van der Waals surface area contributed by atoms with Crippen LogP contribution in [0.3, 0.4) is 0 Å². The van der Waals surface area contributed by atoms with E-state index in [0.29, 0.717) is 15.9 Å². The average Bonchev–Trinajstić information content (AvgIpc) is 2.38. The fourth-order valence-corrected chi connectivity index (χ4v) is 2.86. The smallest absolute Gasteiger partial charge is 0.323 e. The zero-order valence-corrected chi connectivity index (χ0v) is 15.0. The minimum absolute atomic E-state index is 0.239. The predicted octanol–water partition coefficient (Wildman–Crippen LogP) is 3.55. The number of amides is 2. The largest absolute Gasteiger partial charge is 0.495 e. The summed E-state index contributed by atoms with van der Waals surface area (Å²) in [6.07, 6.45) is 0. The van der Waals surface area contributed by atoms with Crippen molar-refractivity contribution in [1.82, 2.24) is 4.90 Å². The molecule has 0 radical (unpaired) electrons. The summed E-state index contributed by atoms with van der Waals surface area (Å²) in [5, 5.41) is 11.5. The number of nitrogens with one attached hydrogen (secondary N) is 1. The van der Waals surface area contributed by atoms with Gasteiger partial charge in [-0.1, -0.05) is 0 Å². The van der Waals surface area contributed by atoms with Gasteiger partial charge in [-0.3, -0.25) is 4.79 Å². The average molecular weight is 424 g/mol. The fourth-order valence-electron chi connectivity index (χ4n) is 1.60. The van der Waals surface area contributed by atoms with Crippen LogP contribution in [0.4, 0.5) is 10.5 Å². The molecular weight excluding hydrogens is 408 g/mol. The maximum Gasteiger partial charge on any atom is 0.323 e. The number of anilines is 1. The Bertz CT molecular complexity index is 549. The zero-order valence-electron chi connectivity index (χ0n) is 11.8. The van der Waals surface area contributed by atoms with Crippen LogP contribution in [0.2, 0.25) is 0 Å². The van der Waals surface area contributed by atoms with Crippen LogP contribution in [0.15, 0.2) is 21.1 Å². The molecule has 6 nitrogen and oxygen atoms in total. The van der Waals surface area contributed by atoms with E-state index >= 15 is 0 Å². The van der Waals surface area contributed by atoms with Crippen molar-refractivity contribution in [3.63, 3.8) is 0 Å². The summed E-state index contributed by atoms with van der Waals surface area (Å²) < 4.78 is 6.56. The van der Waals surface area contributed by atoms with E-state index in [1.807, 2.05) is 0 Å². The van der Waals surface area contributed by atoms with Gasteiger partial charge in [-0.2, -0.15) is 0 Å². The minimum Gasteiger partial charge on any atom is -0.495 e. The summed E-state index contributed by atoms with van der Waals surface area (Å²) >= 11 is 6.68. The van der Waals surface area contributed by atoms with E-state index in [1.165, 1.54) is 12.0 Å². The highest BCUT2D eigenvalue weighted by Crippen LogP contribution is 2.34. The summed E-state index contributed by atoms with van der Waals surface area (Å²) in [5.74, 6) is -0.505. The molecule has 0 aliphatic rings. The predicted molar refractivity (Wildman–Crippen MR) is 86.9 cm³/mol. The van der Waals surface area contributed by atoms with Gasteiger partial charge in [0, 0.05) is 16.6 Å². The van der Waals surface area contributed by atoms with Gasteiger partial charge in [0.25, 0.3) is 0 Å². The van der Waals surface area contributed by atoms with Gasteiger partial charge in [-0.15, -0.1) is 0 Å². The molecule has 1 aromatic rings. The number of benzene rings is 1. The Kier molecular flexibility index (Phi) is 6.47. The first-order valence-electron chi connectivity index (χ1n) is 6.08. The molecule has 21 heavy (non-hydrogen) atoms. The summed E-state index contributed by atoms with van der Waals surface area (Å²) in [6, 6.07) is 2.66. The molecule has 0 bridgehead atoms. The Morgan fingerprint density at radius 3 is 2.43 bits per heavy atom. The van der Waals surface area contributed by atoms with Crippen molar-refractivity contribution in [2.45, 2.75) is 19.9 Å². The third-order valence-electron chi connectivity index (χ3n) is 2.67. The van der Waals surface area contributed by atoms with E-state index < -0.39 is 12.0 Å². The Hall–Kier alpha value is -1.28. The Morgan fingerprint density at radius 2 is 1.95 bits per heavy atom. The van der Waals surface area contributed by atoms with Crippen molar-refractivity contribution >= 4 is 49.5 Å². The molecule has 0 aliphatic carbocycles. The van der Waals surface area contributed by atoms with Crippen molar-refractivity contribution in [1.29, 1.82) is 0 Å². The van der Waals surface area contributed by atoms with Crippen LogP contribution in [0.5, 0.6) is 5.75 Å². The highest BCUT2D eigenvalue weighted by molar-refractivity contribution is 9.11. The maximum absolute atomic E-state index is 12.2. The highest BCUT2D eigenvalue weighted by atomic mass is 79.9. The quantitative estimate of drug-likeness (QED) is 0.758. The number of halogens is 2. The van der Waals surface area contributed by atoms with Crippen molar-refractivity contribution in [2.24, 2.45) is 0 Å². The standard InChI is InChI=1S/C13H16Br2N2O4/c1-7(2)17(6-12(18)19)13(20)16-10-5-11(21-3)9(15)4-8(10)14/h4-5,7H,6H2,1-3H3,(H,16,20)(H,18,19). The molecule has 8 heteroatoms. The molecule has 116 valence electrons. The molecule has 0 aliphatic heterocycles. The fraction of sp³-hybridized carbons (Fsp3) is 0.385. The summed E-state index contributed by atoms with van der Waals surface area (Å²) in [4.78, 5) is 24.3. The SMILES string of the molecule is COc1cc(NC(=O)N(CC(=O)O)C(C)C)c(Br)cc1Br. The third kappa shape index (κ3) is 4.89. The summed E-state index contributed by atoms with van der Waals surface area (Å²) in [7, 11) is 1.52. The molecular formula is C13H16Br2N2O4. The van der Waals surface area contributed by atoms with Crippen LogP contribution >= 0.6 is 31.9 Å². The zero-order chi connectivity index (χ0) is 16.2. The molecule has 1 aromatic carbocycles. The molecule has 0 saturated heterocycles. The summed E-state index contributed by atoms with van der Waals surface area (Å²) in [6.45, 7) is 3.13. The molecule has 0 aromatic heterocycles. The van der Waals surface area contributed by atoms with E-state index in [9.17, 15) is 9.59 Å². The van der Waals surface area contributed by atoms with Gasteiger partial charge in [0.1, 0.15) is 12.3 Å². The van der Waals surface area contributed by atoms with Gasteiger partial charge in [0.05, 0.1) is 17.3 Å². The van der Waals surface area contributed by atoms with E-state index in [-0.39, 0.29) is 12.6 Å². The molecule has 0 atom stereocenters. The molecule has 0 heterocycles. The minimum atomic E-state index is -1.06. The number of carbonyl (C=O) groups excluding carboxylic acids is 1. The number of aliphatic carboxylic acids is 1. The highest BCUT2D eigenvalue weighted by Gasteiger charge is 2.21. The molecule has 0 unspecified atom stereocenters. The summed E-state index contributed by atoms with van der Waals surface area (Å²) in [5.41, 5.74) is 0.496. The first kappa shape index (κ1) is 17.8. The van der Waals surface area contributed by atoms with E-state index in [4.69, 9.17) is 9.84 Å². The monoisotopic (exact) mass is 422 g/mol. The number of carboxylic acids is 1. The van der Waals surface area contributed by atoms with Crippen LogP contribution in [0.25, 0.3) is 0 Å². The number of rotatable bonds is 5. The van der Waals surface area contributed by atoms with Crippen molar-refractivity contribution in [3.8, 4) is 5.75 Å². The lowest BCUT2D eigenvalue weighted by Crippen LogP contribution is -2.43. The van der Waals surface area contributed by atoms with E-state index in [0.717, 1.165) is 4.47 Å². The van der Waals surface area contributed by atoms with Gasteiger partial charge in [-0.25, -0.2) is 4.79 Å². The number of hydrogen-bond donors (Lipinski definition) is 2. The van der Waals surface area contributed by atoms with Crippen molar-refractivity contribution in [3.05, 3.63) is 21.1 Å². The lowest BCUT2D eigenvalue weighted by atomic mass is 10.3. The Labute approximate surface area is 139 Å². The topological polar surface area (TPSA) is 78.9 Å². The Balaban J connectivity index is 2.98. The van der Waals surface area contributed by atoms with Gasteiger partial charge in [0.15, 0.2) is 0 Å². The molecule has 0 fully saturated rings. The van der Waals surface area contributed by atoms with Gasteiger partial charge < -0.3 is 20.1 Å². The van der Waals surface area contributed by atoms with Gasteiger partial charge in [-0.05, 0) is 51.8 Å². The number of carbonyl (C=O) groups is 2. The van der Waals surface area contributed by atoms with Crippen LogP contribution < -0.4 is 10.1 Å². The van der Waals surface area contributed by atoms with Gasteiger partial charge >= 0.3 is 12.0 Å². The van der Waals surface area contributed by atoms with Gasteiger partial charge in [0.2, 0.25) is 0 Å². The second kappa shape index (κ2) is 7.65. The molecule has 2 amide bonds. The van der Waals surface area contributed by atoms with Crippen molar-refractivity contribution in [2.75, 3.05) is 19.0 Å². The number of ether oxygens (including phenoxy) is 1. The third-order valence-corrected chi connectivity index (χ3v) is 3.95. The number of urea groups is 1. The molecule has 0 spiro atoms. The molecule has 0 saturated carbocycles. The van der Waals surface area contributed by atoms with E-state index in [2.05, 4.69) is 37.2 Å². The van der Waals surface area contributed by atoms with Crippen molar-refractivity contribution < 1.29 is 19.4 Å².